The maximum Gasteiger partial charge on any atom is 0.191 e. The lowest BCUT2D eigenvalue weighted by molar-refractivity contribution is -0.0566. The monoisotopic (exact) mass is 463 g/mol. The summed E-state index contributed by atoms with van der Waals surface area (Å²) in [6, 6.07) is 10.1. The van der Waals surface area contributed by atoms with Crippen LogP contribution >= 0.6 is 24.0 Å². The van der Waals surface area contributed by atoms with Crippen molar-refractivity contribution in [1.82, 2.24) is 10.6 Å². The third-order valence-electron chi connectivity index (χ3n) is 3.95. The topological polar surface area (TPSA) is 75.1 Å². The fraction of sp³-hybridized carbons (Fsp3) is 0.611. The molecule has 3 N–H and O–H groups in total. The van der Waals surface area contributed by atoms with Gasteiger partial charge in [0.2, 0.25) is 0 Å². The average molecular weight is 463 g/mol. The van der Waals surface area contributed by atoms with Crippen molar-refractivity contribution in [1.29, 1.82) is 0 Å². The van der Waals surface area contributed by atoms with Gasteiger partial charge in [-0.05, 0) is 12.5 Å². The molecule has 1 aliphatic heterocycles. The second-order valence-electron chi connectivity index (χ2n) is 6.00. The first-order valence-electron chi connectivity index (χ1n) is 8.66. The molecule has 1 aromatic rings. The first-order chi connectivity index (χ1) is 11.7. The maximum atomic E-state index is 10.5. The molecule has 0 aliphatic carbocycles. The Kier molecular flexibility index (Phi) is 11.0. The Balaban J connectivity index is 0.00000312. The SMILES string of the molecule is CCNC(=NCC1(O)CCOCC1)NCCOCc1ccccc1.I. The second-order valence-corrected chi connectivity index (χ2v) is 6.00. The molecular formula is C18H30IN3O3. The number of hydrogen-bond donors (Lipinski definition) is 3. The Morgan fingerprint density at radius 3 is 2.64 bits per heavy atom. The normalized spacial score (nSPS) is 16.8. The Morgan fingerprint density at radius 1 is 1.24 bits per heavy atom. The Labute approximate surface area is 167 Å². The van der Waals surface area contributed by atoms with E-state index in [-0.39, 0.29) is 24.0 Å². The number of nitrogens with one attached hydrogen (secondary N) is 2. The first-order valence-corrected chi connectivity index (χ1v) is 8.66. The zero-order valence-electron chi connectivity index (χ0n) is 14.9. The molecule has 0 amide bonds. The molecular weight excluding hydrogens is 433 g/mol. The van der Waals surface area contributed by atoms with Crippen LogP contribution in [0.2, 0.25) is 0 Å². The summed E-state index contributed by atoms with van der Waals surface area (Å²) in [5, 5.41) is 16.9. The van der Waals surface area contributed by atoms with E-state index in [9.17, 15) is 5.11 Å². The van der Waals surface area contributed by atoms with Crippen LogP contribution in [0.3, 0.4) is 0 Å². The van der Waals surface area contributed by atoms with Gasteiger partial charge in [-0.3, -0.25) is 4.99 Å². The average Bonchev–Trinajstić information content (AvgIpc) is 2.61. The standard InChI is InChI=1S/C18H29N3O3.HI/c1-2-19-17(21-15-18(22)8-11-23-12-9-18)20-10-13-24-14-16-6-4-3-5-7-16;/h3-7,22H,2,8-15H2,1H3,(H2,19,20,21);1H. The van der Waals surface area contributed by atoms with Gasteiger partial charge in [0.05, 0.1) is 25.4 Å². The molecule has 0 unspecified atom stereocenters. The Bertz CT molecular complexity index is 494. The van der Waals surface area contributed by atoms with Crippen LogP contribution in [0.1, 0.15) is 25.3 Å². The Hall–Kier alpha value is -0.900. The van der Waals surface area contributed by atoms with Gasteiger partial charge in [-0.25, -0.2) is 0 Å². The van der Waals surface area contributed by atoms with Crippen molar-refractivity contribution in [2.24, 2.45) is 4.99 Å². The fourth-order valence-electron chi connectivity index (χ4n) is 2.48. The molecule has 7 heteroatoms. The minimum Gasteiger partial charge on any atom is -0.388 e. The summed E-state index contributed by atoms with van der Waals surface area (Å²) in [7, 11) is 0. The molecule has 0 saturated carbocycles. The molecule has 0 aromatic heterocycles. The molecule has 0 radical (unpaired) electrons. The molecule has 1 heterocycles. The van der Waals surface area contributed by atoms with Gasteiger partial charge in [-0.1, -0.05) is 30.3 Å². The summed E-state index contributed by atoms with van der Waals surface area (Å²) in [5.41, 5.74) is 0.421. The highest BCUT2D eigenvalue weighted by atomic mass is 127. The molecule has 2 rings (SSSR count). The molecule has 0 bridgehead atoms. The van der Waals surface area contributed by atoms with Crippen LogP contribution in [0, 0.1) is 0 Å². The van der Waals surface area contributed by atoms with Crippen LogP contribution in [-0.2, 0) is 16.1 Å². The van der Waals surface area contributed by atoms with Crippen LogP contribution in [0.4, 0.5) is 0 Å². The van der Waals surface area contributed by atoms with Crippen LogP contribution in [0.15, 0.2) is 35.3 Å². The van der Waals surface area contributed by atoms with E-state index in [0.29, 0.717) is 58.3 Å². The van der Waals surface area contributed by atoms with Gasteiger partial charge < -0.3 is 25.2 Å². The third kappa shape index (κ3) is 8.84. The van der Waals surface area contributed by atoms with Crippen molar-refractivity contribution in [3.63, 3.8) is 0 Å². The van der Waals surface area contributed by atoms with Crippen molar-refractivity contribution in [2.45, 2.75) is 32.0 Å². The smallest absolute Gasteiger partial charge is 0.191 e. The molecule has 0 atom stereocenters. The number of halogens is 1. The molecule has 1 fully saturated rings. The van der Waals surface area contributed by atoms with Gasteiger partial charge in [0.1, 0.15) is 0 Å². The van der Waals surface area contributed by atoms with Crippen LogP contribution in [-0.4, -0.2) is 56.1 Å². The largest absolute Gasteiger partial charge is 0.388 e. The first kappa shape index (κ1) is 22.1. The lowest BCUT2D eigenvalue weighted by Gasteiger charge is -2.30. The summed E-state index contributed by atoms with van der Waals surface area (Å²) < 4.78 is 10.9. The summed E-state index contributed by atoms with van der Waals surface area (Å²) in [5.74, 6) is 0.709. The minimum absolute atomic E-state index is 0. The fourth-order valence-corrected chi connectivity index (χ4v) is 2.48. The highest BCUT2D eigenvalue weighted by molar-refractivity contribution is 14.0. The van der Waals surface area contributed by atoms with E-state index in [1.165, 1.54) is 5.56 Å². The lowest BCUT2D eigenvalue weighted by atomic mass is 9.95. The summed E-state index contributed by atoms with van der Waals surface area (Å²) in [6.45, 7) is 6.25. The van der Waals surface area contributed by atoms with E-state index in [0.717, 1.165) is 6.54 Å². The number of aliphatic hydroxyl groups is 1. The van der Waals surface area contributed by atoms with Gasteiger partial charge in [-0.2, -0.15) is 0 Å². The van der Waals surface area contributed by atoms with E-state index < -0.39 is 5.60 Å². The summed E-state index contributed by atoms with van der Waals surface area (Å²) in [6.07, 6.45) is 1.27. The predicted octanol–water partition coefficient (Wildman–Crippen LogP) is 1.92. The van der Waals surface area contributed by atoms with Crippen LogP contribution in [0.25, 0.3) is 0 Å². The second kappa shape index (κ2) is 12.5. The quantitative estimate of drug-likeness (QED) is 0.238. The maximum absolute atomic E-state index is 10.5. The van der Waals surface area contributed by atoms with E-state index in [1.54, 1.807) is 0 Å². The molecule has 142 valence electrons. The lowest BCUT2D eigenvalue weighted by Crippen LogP contribution is -2.43. The summed E-state index contributed by atoms with van der Waals surface area (Å²) in [4.78, 5) is 4.50. The number of guanidine groups is 1. The van der Waals surface area contributed by atoms with E-state index in [2.05, 4.69) is 15.6 Å². The van der Waals surface area contributed by atoms with Gasteiger partial charge in [-0.15, -0.1) is 24.0 Å². The zero-order chi connectivity index (χ0) is 17.1. The van der Waals surface area contributed by atoms with Gasteiger partial charge >= 0.3 is 0 Å². The number of hydrogen-bond acceptors (Lipinski definition) is 4. The predicted molar refractivity (Wildman–Crippen MR) is 110 cm³/mol. The number of rotatable bonds is 8. The number of nitrogens with zero attached hydrogens (tertiary/aromatic N) is 1. The van der Waals surface area contributed by atoms with E-state index >= 15 is 0 Å². The van der Waals surface area contributed by atoms with Gasteiger partial charge in [0.25, 0.3) is 0 Å². The van der Waals surface area contributed by atoms with Crippen molar-refractivity contribution in [3.05, 3.63) is 35.9 Å². The minimum atomic E-state index is -0.746. The van der Waals surface area contributed by atoms with Crippen molar-refractivity contribution in [2.75, 3.05) is 39.5 Å². The molecule has 0 spiro atoms. The van der Waals surface area contributed by atoms with Crippen molar-refractivity contribution >= 4 is 29.9 Å². The molecule has 1 aromatic carbocycles. The molecule has 25 heavy (non-hydrogen) atoms. The number of ether oxygens (including phenoxy) is 2. The van der Waals surface area contributed by atoms with Gasteiger partial charge in [0.15, 0.2) is 5.96 Å². The van der Waals surface area contributed by atoms with E-state index in [1.807, 2.05) is 37.3 Å². The number of aliphatic imine (C=N–C) groups is 1. The molecule has 6 nitrogen and oxygen atoms in total. The van der Waals surface area contributed by atoms with Crippen LogP contribution < -0.4 is 10.6 Å². The van der Waals surface area contributed by atoms with E-state index in [4.69, 9.17) is 9.47 Å². The molecule has 1 aliphatic rings. The van der Waals surface area contributed by atoms with Crippen molar-refractivity contribution in [3.8, 4) is 0 Å². The number of benzene rings is 1. The van der Waals surface area contributed by atoms with Crippen LogP contribution in [0.5, 0.6) is 0 Å². The Morgan fingerprint density at radius 2 is 1.96 bits per heavy atom. The highest BCUT2D eigenvalue weighted by Crippen LogP contribution is 2.20. The highest BCUT2D eigenvalue weighted by Gasteiger charge is 2.29. The summed E-state index contributed by atoms with van der Waals surface area (Å²) >= 11 is 0. The van der Waals surface area contributed by atoms with Crippen molar-refractivity contribution < 1.29 is 14.6 Å². The van der Waals surface area contributed by atoms with Gasteiger partial charge in [0, 0.05) is 39.1 Å². The third-order valence-corrected chi connectivity index (χ3v) is 3.95. The molecule has 1 saturated heterocycles. The zero-order valence-corrected chi connectivity index (χ0v) is 17.2.